The Morgan fingerprint density at radius 1 is 0.947 bits per heavy atom. The van der Waals surface area contributed by atoms with E-state index in [1.807, 2.05) is 44.2 Å². The van der Waals surface area contributed by atoms with Crippen LogP contribution in [0.15, 0.2) is 30.3 Å². The summed E-state index contributed by atoms with van der Waals surface area (Å²) in [6.07, 6.45) is 0. The lowest BCUT2D eigenvalue weighted by Crippen LogP contribution is -2.44. The van der Waals surface area contributed by atoms with Gasteiger partial charge in [0, 0.05) is 11.5 Å². The van der Waals surface area contributed by atoms with Crippen LogP contribution in [0.2, 0.25) is 0 Å². The van der Waals surface area contributed by atoms with E-state index >= 15 is 0 Å². The van der Waals surface area contributed by atoms with Gasteiger partial charge in [-0.05, 0) is 27.7 Å². The van der Waals surface area contributed by atoms with Gasteiger partial charge in [-0.15, -0.1) is 0 Å². The first-order valence-electron chi connectivity index (χ1n) is 6.51. The minimum Gasteiger partial charge on any atom is -0.387 e. The monoisotopic (exact) mass is 266 g/mol. The number of benzene rings is 1. The third kappa shape index (κ3) is 6.50. The molecule has 19 heavy (non-hydrogen) atoms. The van der Waals surface area contributed by atoms with Gasteiger partial charge < -0.3 is 10.2 Å². The molecular formula is C16H26O3. The molecule has 0 unspecified atom stereocenters. The molecule has 2 N–H and O–H groups in total. The van der Waals surface area contributed by atoms with Gasteiger partial charge in [0.15, 0.2) is 5.78 Å². The van der Waals surface area contributed by atoms with Gasteiger partial charge in [-0.25, -0.2) is 0 Å². The summed E-state index contributed by atoms with van der Waals surface area (Å²) in [6.45, 7) is 10.1. The zero-order valence-corrected chi connectivity index (χ0v) is 12.8. The van der Waals surface area contributed by atoms with Gasteiger partial charge in [-0.3, -0.25) is 4.79 Å². The van der Waals surface area contributed by atoms with Gasteiger partial charge in [0.2, 0.25) is 0 Å². The average molecular weight is 266 g/mol. The predicted molar refractivity (Wildman–Crippen MR) is 78.2 cm³/mol. The van der Waals surface area contributed by atoms with Crippen molar-refractivity contribution >= 4 is 5.78 Å². The van der Waals surface area contributed by atoms with Crippen molar-refractivity contribution in [3.63, 3.8) is 0 Å². The summed E-state index contributed by atoms with van der Waals surface area (Å²) in [5, 5.41) is 18.2. The quantitative estimate of drug-likeness (QED) is 0.827. The molecule has 0 radical (unpaired) electrons. The van der Waals surface area contributed by atoms with Crippen molar-refractivity contribution in [1.29, 1.82) is 0 Å². The second-order valence-corrected chi connectivity index (χ2v) is 6.00. The molecule has 108 valence electrons. The van der Waals surface area contributed by atoms with E-state index in [1.165, 1.54) is 0 Å². The summed E-state index contributed by atoms with van der Waals surface area (Å²) in [5.41, 5.74) is -1.21. The van der Waals surface area contributed by atoms with E-state index in [-0.39, 0.29) is 11.7 Å². The molecule has 0 saturated heterocycles. The van der Waals surface area contributed by atoms with Crippen LogP contribution in [0.25, 0.3) is 0 Å². The largest absolute Gasteiger partial charge is 0.387 e. The molecule has 3 heteroatoms. The fraction of sp³-hybridized carbons (Fsp3) is 0.562. The first-order chi connectivity index (χ1) is 8.47. The molecule has 0 amide bonds. The van der Waals surface area contributed by atoms with Gasteiger partial charge >= 0.3 is 0 Å². The number of carbonyl (C=O) groups is 1. The second-order valence-electron chi connectivity index (χ2n) is 6.00. The van der Waals surface area contributed by atoms with Crippen molar-refractivity contribution in [1.82, 2.24) is 0 Å². The molecule has 0 heterocycles. The molecule has 0 saturated carbocycles. The van der Waals surface area contributed by atoms with Gasteiger partial charge in [-0.1, -0.05) is 44.2 Å². The lowest BCUT2D eigenvalue weighted by Gasteiger charge is -2.31. The Kier molecular flexibility index (Phi) is 6.40. The number of Topliss-reactive ketones (excluding diaryl/α,β-unsaturated/α-hetero) is 1. The SMILES string of the molecule is CC(C)(O)C(C)(C)O.CC(C)C(=O)c1ccccc1. The highest BCUT2D eigenvalue weighted by molar-refractivity contribution is 5.97. The number of hydrogen-bond acceptors (Lipinski definition) is 3. The maximum atomic E-state index is 11.3. The van der Waals surface area contributed by atoms with Crippen LogP contribution in [0.3, 0.4) is 0 Å². The molecule has 0 aromatic heterocycles. The fourth-order valence-electron chi connectivity index (χ4n) is 0.936. The Hall–Kier alpha value is -1.19. The van der Waals surface area contributed by atoms with E-state index in [9.17, 15) is 4.79 Å². The van der Waals surface area contributed by atoms with Crippen LogP contribution in [0.1, 0.15) is 51.9 Å². The number of hydrogen-bond donors (Lipinski definition) is 2. The van der Waals surface area contributed by atoms with Crippen LogP contribution in [-0.2, 0) is 0 Å². The van der Waals surface area contributed by atoms with Crippen LogP contribution < -0.4 is 0 Å². The molecule has 0 aliphatic rings. The number of aliphatic hydroxyl groups is 2. The normalized spacial score (nSPS) is 11.8. The highest BCUT2D eigenvalue weighted by atomic mass is 16.3. The van der Waals surface area contributed by atoms with Gasteiger partial charge in [0.1, 0.15) is 0 Å². The number of rotatable bonds is 3. The highest BCUT2D eigenvalue weighted by Gasteiger charge is 2.31. The molecule has 0 fully saturated rings. The van der Waals surface area contributed by atoms with Crippen molar-refractivity contribution in [2.75, 3.05) is 0 Å². The zero-order valence-electron chi connectivity index (χ0n) is 12.8. The first kappa shape index (κ1) is 17.8. The van der Waals surface area contributed by atoms with E-state index in [0.29, 0.717) is 0 Å². The minimum atomic E-state index is -1.01. The van der Waals surface area contributed by atoms with Crippen LogP contribution in [0.4, 0.5) is 0 Å². The molecule has 0 bridgehead atoms. The minimum absolute atomic E-state index is 0.0948. The molecule has 0 aliphatic heterocycles. The third-order valence-electron chi connectivity index (χ3n) is 3.08. The van der Waals surface area contributed by atoms with Gasteiger partial charge in [0.05, 0.1) is 11.2 Å². The Labute approximate surface area is 116 Å². The molecule has 3 nitrogen and oxygen atoms in total. The molecule has 0 aliphatic carbocycles. The van der Waals surface area contributed by atoms with E-state index < -0.39 is 11.2 Å². The van der Waals surface area contributed by atoms with Crippen LogP contribution >= 0.6 is 0 Å². The standard InChI is InChI=1S/C10H12O.C6H14O2/c1-8(2)10(11)9-6-4-3-5-7-9;1-5(2,7)6(3,4)8/h3-8H,1-2H3;7-8H,1-4H3. The zero-order chi connectivity index (χ0) is 15.3. The second kappa shape index (κ2) is 6.83. The molecule has 0 atom stereocenters. The molecule has 1 aromatic carbocycles. The number of carbonyl (C=O) groups excluding carboxylic acids is 1. The van der Waals surface area contributed by atoms with Crippen LogP contribution in [-0.4, -0.2) is 27.2 Å². The van der Waals surface area contributed by atoms with Crippen molar-refractivity contribution in [2.24, 2.45) is 5.92 Å². The lowest BCUT2D eigenvalue weighted by atomic mass is 9.90. The Bertz CT molecular complexity index is 369. The summed E-state index contributed by atoms with van der Waals surface area (Å²) in [4.78, 5) is 11.3. The molecule has 1 rings (SSSR count). The van der Waals surface area contributed by atoms with E-state index in [0.717, 1.165) is 5.56 Å². The van der Waals surface area contributed by atoms with Crippen molar-refractivity contribution < 1.29 is 15.0 Å². The highest BCUT2D eigenvalue weighted by Crippen LogP contribution is 2.19. The van der Waals surface area contributed by atoms with E-state index in [1.54, 1.807) is 27.7 Å². The first-order valence-corrected chi connectivity index (χ1v) is 6.51. The third-order valence-corrected chi connectivity index (χ3v) is 3.08. The topological polar surface area (TPSA) is 57.5 Å². The molecule has 0 spiro atoms. The maximum Gasteiger partial charge on any atom is 0.165 e. The van der Waals surface area contributed by atoms with E-state index in [2.05, 4.69) is 0 Å². The maximum absolute atomic E-state index is 11.3. The fourth-order valence-corrected chi connectivity index (χ4v) is 0.936. The Morgan fingerprint density at radius 2 is 1.32 bits per heavy atom. The molecule has 1 aromatic rings. The Balaban J connectivity index is 0.000000362. The molecular weight excluding hydrogens is 240 g/mol. The average Bonchev–Trinajstić information content (AvgIpc) is 2.27. The van der Waals surface area contributed by atoms with Gasteiger partial charge in [0.25, 0.3) is 0 Å². The lowest BCUT2D eigenvalue weighted by molar-refractivity contribution is -0.107. The summed E-state index contributed by atoms with van der Waals surface area (Å²) >= 11 is 0. The summed E-state index contributed by atoms with van der Waals surface area (Å²) in [5.74, 6) is 0.308. The predicted octanol–water partition coefficient (Wildman–Crippen LogP) is 3.05. The smallest absolute Gasteiger partial charge is 0.165 e. The summed E-state index contributed by atoms with van der Waals surface area (Å²) in [6, 6.07) is 9.38. The summed E-state index contributed by atoms with van der Waals surface area (Å²) < 4.78 is 0. The van der Waals surface area contributed by atoms with Crippen LogP contribution in [0.5, 0.6) is 0 Å². The van der Waals surface area contributed by atoms with E-state index in [4.69, 9.17) is 10.2 Å². The van der Waals surface area contributed by atoms with Crippen molar-refractivity contribution in [3.05, 3.63) is 35.9 Å². The number of ketones is 1. The van der Waals surface area contributed by atoms with Crippen LogP contribution in [0, 0.1) is 5.92 Å². The van der Waals surface area contributed by atoms with Crippen molar-refractivity contribution in [2.45, 2.75) is 52.7 Å². The summed E-state index contributed by atoms with van der Waals surface area (Å²) in [7, 11) is 0. The van der Waals surface area contributed by atoms with Crippen molar-refractivity contribution in [3.8, 4) is 0 Å². The van der Waals surface area contributed by atoms with Gasteiger partial charge in [-0.2, -0.15) is 0 Å². The Morgan fingerprint density at radius 3 is 1.58 bits per heavy atom.